The van der Waals surface area contributed by atoms with Gasteiger partial charge in [-0.25, -0.2) is 0 Å². The highest BCUT2D eigenvalue weighted by Crippen LogP contribution is 2.50. The number of hydrogen-bond acceptors (Lipinski definition) is 3. The molecule has 1 saturated heterocycles. The Balaban J connectivity index is 2.26. The summed E-state index contributed by atoms with van der Waals surface area (Å²) in [4.78, 5) is 11.0. The molecule has 2 bridgehead atoms. The molecule has 1 aliphatic heterocycles. The van der Waals surface area contributed by atoms with Crippen LogP contribution in [0.5, 0.6) is 0 Å². The fourth-order valence-corrected chi connectivity index (χ4v) is 3.35. The van der Waals surface area contributed by atoms with E-state index in [0.717, 1.165) is 6.61 Å². The third kappa shape index (κ3) is 2.01. The maximum Gasteiger partial charge on any atom is 0.302 e. The van der Waals surface area contributed by atoms with Gasteiger partial charge >= 0.3 is 5.97 Å². The van der Waals surface area contributed by atoms with Crippen LogP contribution < -0.4 is 0 Å². The molecule has 4 atom stereocenters. The highest BCUT2D eigenvalue weighted by molar-refractivity contribution is 5.65. The smallest absolute Gasteiger partial charge is 0.302 e. The lowest BCUT2D eigenvalue weighted by Crippen LogP contribution is -2.53. The molecule has 17 heavy (non-hydrogen) atoms. The predicted molar refractivity (Wildman–Crippen MR) is 65.5 cm³/mol. The summed E-state index contributed by atoms with van der Waals surface area (Å²) in [5.74, 6) is 1.19. The Bertz CT molecular complexity index is 347. The number of allylic oxidation sites excluding steroid dienone is 1. The van der Waals surface area contributed by atoms with Crippen molar-refractivity contribution in [3.05, 3.63) is 11.6 Å². The van der Waals surface area contributed by atoms with E-state index in [0.29, 0.717) is 31.0 Å². The summed E-state index contributed by atoms with van der Waals surface area (Å²) >= 11 is 0. The van der Waals surface area contributed by atoms with Crippen molar-refractivity contribution in [1.82, 2.24) is 0 Å². The van der Waals surface area contributed by atoms with Gasteiger partial charge in [0.2, 0.25) is 0 Å². The topological polar surface area (TPSA) is 35.5 Å². The highest BCUT2D eigenvalue weighted by Gasteiger charge is 2.50. The molecule has 1 aliphatic carbocycles. The van der Waals surface area contributed by atoms with Crippen molar-refractivity contribution in [3.63, 3.8) is 0 Å². The van der Waals surface area contributed by atoms with Crippen molar-refractivity contribution in [2.24, 2.45) is 23.2 Å². The van der Waals surface area contributed by atoms with E-state index < -0.39 is 0 Å². The molecule has 1 fully saturated rings. The standard InChI is InChI=1S/C14H22O3/c1-9-5-10(2)14(8-17-12(4)15)7-16-6-13(9)11(14)3/h5,10-11,13H,6-8H2,1-4H3/t10-,11-,13+,14+/m1/s1. The van der Waals surface area contributed by atoms with Crippen molar-refractivity contribution >= 4 is 5.97 Å². The summed E-state index contributed by atoms with van der Waals surface area (Å²) < 4.78 is 11.0. The third-order valence-electron chi connectivity index (χ3n) is 4.73. The van der Waals surface area contributed by atoms with Gasteiger partial charge in [-0.15, -0.1) is 0 Å². The van der Waals surface area contributed by atoms with Gasteiger partial charge in [0, 0.05) is 18.3 Å². The molecule has 0 radical (unpaired) electrons. The Hall–Kier alpha value is -0.830. The van der Waals surface area contributed by atoms with Crippen LogP contribution in [0.3, 0.4) is 0 Å². The average molecular weight is 238 g/mol. The van der Waals surface area contributed by atoms with Gasteiger partial charge in [-0.2, -0.15) is 0 Å². The third-order valence-corrected chi connectivity index (χ3v) is 4.73. The maximum atomic E-state index is 11.0. The zero-order valence-corrected chi connectivity index (χ0v) is 11.2. The van der Waals surface area contributed by atoms with Crippen LogP contribution in [0.2, 0.25) is 0 Å². The minimum Gasteiger partial charge on any atom is -0.465 e. The molecule has 0 amide bonds. The summed E-state index contributed by atoms with van der Waals surface area (Å²) in [6.07, 6.45) is 2.33. The van der Waals surface area contributed by atoms with Crippen LogP contribution in [0, 0.1) is 23.2 Å². The van der Waals surface area contributed by atoms with Crippen LogP contribution in [0.1, 0.15) is 27.7 Å². The number of carbonyl (C=O) groups is 1. The Morgan fingerprint density at radius 3 is 2.94 bits per heavy atom. The van der Waals surface area contributed by atoms with Crippen molar-refractivity contribution in [2.45, 2.75) is 27.7 Å². The van der Waals surface area contributed by atoms with Gasteiger partial charge < -0.3 is 9.47 Å². The molecule has 0 aromatic carbocycles. The molecule has 3 nitrogen and oxygen atoms in total. The predicted octanol–water partition coefficient (Wildman–Crippen LogP) is 2.41. The second-order valence-electron chi connectivity index (χ2n) is 5.62. The Kier molecular flexibility index (Phi) is 3.30. The lowest BCUT2D eigenvalue weighted by molar-refractivity contribution is -0.162. The first kappa shape index (κ1) is 12.6. The summed E-state index contributed by atoms with van der Waals surface area (Å²) in [5.41, 5.74) is 1.39. The molecule has 0 aromatic heterocycles. The second-order valence-corrected chi connectivity index (χ2v) is 5.62. The van der Waals surface area contributed by atoms with E-state index in [4.69, 9.17) is 9.47 Å². The molecular weight excluding hydrogens is 216 g/mol. The first-order valence-corrected chi connectivity index (χ1v) is 6.37. The Morgan fingerprint density at radius 1 is 1.59 bits per heavy atom. The van der Waals surface area contributed by atoms with E-state index in [9.17, 15) is 4.79 Å². The molecule has 0 unspecified atom stereocenters. The van der Waals surface area contributed by atoms with Crippen LogP contribution in [0.25, 0.3) is 0 Å². The molecule has 1 heterocycles. The molecule has 0 spiro atoms. The van der Waals surface area contributed by atoms with Crippen molar-refractivity contribution in [1.29, 1.82) is 0 Å². The van der Waals surface area contributed by atoms with E-state index in [1.165, 1.54) is 12.5 Å². The van der Waals surface area contributed by atoms with Crippen molar-refractivity contribution in [2.75, 3.05) is 19.8 Å². The van der Waals surface area contributed by atoms with Gasteiger partial charge in [0.1, 0.15) is 0 Å². The van der Waals surface area contributed by atoms with Gasteiger partial charge in [0.25, 0.3) is 0 Å². The molecule has 0 aromatic rings. The van der Waals surface area contributed by atoms with Crippen LogP contribution in [-0.2, 0) is 14.3 Å². The van der Waals surface area contributed by atoms with E-state index >= 15 is 0 Å². The second kappa shape index (κ2) is 4.45. The van der Waals surface area contributed by atoms with Crippen LogP contribution in [0.4, 0.5) is 0 Å². The molecule has 3 heteroatoms. The van der Waals surface area contributed by atoms with Gasteiger partial charge in [-0.1, -0.05) is 25.5 Å². The lowest BCUT2D eigenvalue weighted by atomic mass is 9.58. The summed E-state index contributed by atoms with van der Waals surface area (Å²) in [7, 11) is 0. The molecular formula is C14H22O3. The molecule has 0 saturated carbocycles. The quantitative estimate of drug-likeness (QED) is 0.547. The minimum absolute atomic E-state index is 0.0336. The number of esters is 1. The van der Waals surface area contributed by atoms with Gasteiger partial charge in [0.05, 0.1) is 19.8 Å². The number of hydrogen-bond donors (Lipinski definition) is 0. The van der Waals surface area contributed by atoms with E-state index in [1.54, 1.807) is 0 Å². The normalized spacial score (nSPS) is 40.7. The van der Waals surface area contributed by atoms with E-state index in [2.05, 4.69) is 26.8 Å². The lowest BCUT2D eigenvalue weighted by Gasteiger charge is -2.52. The number of rotatable bonds is 2. The molecule has 0 N–H and O–H groups in total. The molecule has 2 rings (SSSR count). The molecule has 2 aliphatic rings. The number of carbonyl (C=O) groups excluding carboxylic acids is 1. The van der Waals surface area contributed by atoms with E-state index in [1.807, 2.05) is 0 Å². The number of fused-ring (bicyclic) bond motifs is 2. The zero-order valence-electron chi connectivity index (χ0n) is 11.2. The van der Waals surface area contributed by atoms with Crippen molar-refractivity contribution < 1.29 is 14.3 Å². The van der Waals surface area contributed by atoms with Crippen LogP contribution >= 0.6 is 0 Å². The fraction of sp³-hybridized carbons (Fsp3) is 0.786. The number of ether oxygens (including phenoxy) is 2. The minimum atomic E-state index is -0.202. The fourth-order valence-electron chi connectivity index (χ4n) is 3.35. The summed E-state index contributed by atoms with van der Waals surface area (Å²) in [5, 5.41) is 0. The van der Waals surface area contributed by atoms with Gasteiger partial charge in [-0.3, -0.25) is 4.79 Å². The Labute approximate surface area is 103 Å². The highest BCUT2D eigenvalue weighted by atomic mass is 16.5. The monoisotopic (exact) mass is 238 g/mol. The van der Waals surface area contributed by atoms with Gasteiger partial charge in [-0.05, 0) is 18.8 Å². The van der Waals surface area contributed by atoms with Crippen LogP contribution in [-0.4, -0.2) is 25.8 Å². The largest absolute Gasteiger partial charge is 0.465 e. The average Bonchev–Trinajstić information content (AvgIpc) is 2.25. The van der Waals surface area contributed by atoms with Crippen molar-refractivity contribution in [3.8, 4) is 0 Å². The molecule has 96 valence electrons. The first-order chi connectivity index (χ1) is 7.97. The van der Waals surface area contributed by atoms with Crippen LogP contribution in [0.15, 0.2) is 11.6 Å². The zero-order chi connectivity index (χ0) is 12.6. The summed E-state index contributed by atoms with van der Waals surface area (Å²) in [6, 6.07) is 0. The Morgan fingerprint density at radius 2 is 2.29 bits per heavy atom. The van der Waals surface area contributed by atoms with Gasteiger partial charge in [0.15, 0.2) is 0 Å². The SMILES string of the molecule is CC(=O)OC[C@@]12COC[C@@H](C(C)=C[C@H]1C)[C@H]2C. The first-order valence-electron chi connectivity index (χ1n) is 6.37. The maximum absolute atomic E-state index is 11.0. The van der Waals surface area contributed by atoms with E-state index in [-0.39, 0.29) is 11.4 Å². The summed E-state index contributed by atoms with van der Waals surface area (Å²) in [6.45, 7) is 10.1.